The summed E-state index contributed by atoms with van der Waals surface area (Å²) in [5.41, 5.74) is 5.46. The van der Waals surface area contributed by atoms with Gasteiger partial charge in [-0.25, -0.2) is 0 Å². The first-order valence-corrected chi connectivity index (χ1v) is 6.83. The number of rotatable bonds is 8. The van der Waals surface area contributed by atoms with Gasteiger partial charge in [-0.3, -0.25) is 11.3 Å². The van der Waals surface area contributed by atoms with Gasteiger partial charge in [0.15, 0.2) is 0 Å². The van der Waals surface area contributed by atoms with Crippen LogP contribution in [-0.2, 0) is 6.42 Å². The van der Waals surface area contributed by atoms with E-state index in [-0.39, 0.29) is 6.04 Å². The first-order chi connectivity index (χ1) is 8.27. The van der Waals surface area contributed by atoms with Crippen LogP contribution in [0.3, 0.4) is 0 Å². The average Bonchev–Trinajstić information content (AvgIpc) is 2.38. The Morgan fingerprint density at radius 1 is 1.06 bits per heavy atom. The third-order valence-electron chi connectivity index (χ3n) is 3.30. The van der Waals surface area contributed by atoms with Crippen molar-refractivity contribution in [3.63, 3.8) is 0 Å². The minimum absolute atomic E-state index is 0.230. The van der Waals surface area contributed by atoms with Crippen molar-refractivity contribution in [2.45, 2.75) is 58.4 Å². The number of aryl methyl sites for hydroxylation is 1. The Morgan fingerprint density at radius 2 is 1.71 bits per heavy atom. The lowest BCUT2D eigenvalue weighted by atomic mass is 10.0. The van der Waals surface area contributed by atoms with Crippen LogP contribution in [0.4, 0.5) is 0 Å². The largest absolute Gasteiger partial charge is 0.271 e. The quantitative estimate of drug-likeness (QED) is 0.409. The monoisotopic (exact) mass is 234 g/mol. The van der Waals surface area contributed by atoms with Crippen molar-refractivity contribution in [1.29, 1.82) is 0 Å². The minimum atomic E-state index is 0.230. The van der Waals surface area contributed by atoms with Crippen molar-refractivity contribution in [2.24, 2.45) is 5.84 Å². The highest BCUT2D eigenvalue weighted by atomic mass is 15.2. The molecular formula is C15H26N2. The van der Waals surface area contributed by atoms with Gasteiger partial charge in [-0.15, -0.1) is 0 Å². The van der Waals surface area contributed by atoms with Gasteiger partial charge in [-0.1, -0.05) is 56.9 Å². The summed E-state index contributed by atoms with van der Waals surface area (Å²) in [7, 11) is 0. The van der Waals surface area contributed by atoms with Gasteiger partial charge in [-0.2, -0.15) is 0 Å². The van der Waals surface area contributed by atoms with E-state index in [1.165, 1.54) is 49.7 Å². The molecule has 2 heteroatoms. The third-order valence-corrected chi connectivity index (χ3v) is 3.30. The lowest BCUT2D eigenvalue weighted by Crippen LogP contribution is -2.25. The van der Waals surface area contributed by atoms with Crippen LogP contribution >= 0.6 is 0 Å². The predicted octanol–water partition coefficient (Wildman–Crippen LogP) is 3.72. The first-order valence-electron chi connectivity index (χ1n) is 6.83. The Balaban J connectivity index is 2.30. The lowest BCUT2D eigenvalue weighted by Gasteiger charge is -2.10. The zero-order valence-corrected chi connectivity index (χ0v) is 11.2. The summed E-state index contributed by atoms with van der Waals surface area (Å²) >= 11 is 0. The van der Waals surface area contributed by atoms with Gasteiger partial charge in [0.1, 0.15) is 0 Å². The van der Waals surface area contributed by atoms with E-state index in [0.717, 1.165) is 0 Å². The van der Waals surface area contributed by atoms with Gasteiger partial charge in [-0.05, 0) is 30.9 Å². The van der Waals surface area contributed by atoms with E-state index in [1.807, 2.05) is 0 Å². The van der Waals surface area contributed by atoms with E-state index in [2.05, 4.69) is 43.5 Å². The SMILES string of the molecule is CCCCCCCc1ccc(C(C)NN)cc1. The molecule has 0 heterocycles. The summed E-state index contributed by atoms with van der Waals surface area (Å²) in [6, 6.07) is 9.03. The van der Waals surface area contributed by atoms with Crippen LogP contribution in [0, 0.1) is 0 Å². The number of unbranched alkanes of at least 4 members (excludes halogenated alkanes) is 4. The van der Waals surface area contributed by atoms with E-state index in [1.54, 1.807) is 0 Å². The smallest absolute Gasteiger partial charge is 0.0431 e. The topological polar surface area (TPSA) is 38.0 Å². The van der Waals surface area contributed by atoms with Crippen molar-refractivity contribution >= 4 is 0 Å². The fraction of sp³-hybridized carbons (Fsp3) is 0.600. The maximum atomic E-state index is 5.42. The number of hydrazine groups is 1. The average molecular weight is 234 g/mol. The molecular weight excluding hydrogens is 208 g/mol. The highest BCUT2D eigenvalue weighted by Gasteiger charge is 2.01. The van der Waals surface area contributed by atoms with Crippen LogP contribution in [0.2, 0.25) is 0 Å². The molecule has 17 heavy (non-hydrogen) atoms. The molecule has 1 aromatic rings. The summed E-state index contributed by atoms with van der Waals surface area (Å²) in [6.07, 6.45) is 7.94. The molecule has 0 amide bonds. The van der Waals surface area contributed by atoms with Crippen LogP contribution in [0.25, 0.3) is 0 Å². The molecule has 0 aromatic heterocycles. The van der Waals surface area contributed by atoms with Gasteiger partial charge < -0.3 is 0 Å². The van der Waals surface area contributed by atoms with E-state index in [0.29, 0.717) is 0 Å². The fourth-order valence-corrected chi connectivity index (χ4v) is 2.00. The minimum Gasteiger partial charge on any atom is -0.271 e. The summed E-state index contributed by atoms with van der Waals surface area (Å²) in [6.45, 7) is 4.32. The molecule has 0 radical (unpaired) electrons. The molecule has 2 nitrogen and oxygen atoms in total. The summed E-state index contributed by atoms with van der Waals surface area (Å²) in [5, 5.41) is 0. The number of nitrogens with two attached hydrogens (primary N) is 1. The zero-order valence-electron chi connectivity index (χ0n) is 11.2. The highest BCUT2D eigenvalue weighted by Crippen LogP contribution is 2.14. The van der Waals surface area contributed by atoms with Crippen molar-refractivity contribution in [2.75, 3.05) is 0 Å². The zero-order chi connectivity index (χ0) is 12.5. The van der Waals surface area contributed by atoms with Crippen LogP contribution < -0.4 is 11.3 Å². The molecule has 0 fully saturated rings. The van der Waals surface area contributed by atoms with E-state index < -0.39 is 0 Å². The number of hydrogen-bond donors (Lipinski definition) is 2. The van der Waals surface area contributed by atoms with Crippen molar-refractivity contribution in [3.05, 3.63) is 35.4 Å². The summed E-state index contributed by atoms with van der Waals surface area (Å²) in [4.78, 5) is 0. The summed E-state index contributed by atoms with van der Waals surface area (Å²) < 4.78 is 0. The maximum absolute atomic E-state index is 5.42. The predicted molar refractivity (Wildman–Crippen MR) is 74.6 cm³/mol. The Hall–Kier alpha value is -0.860. The van der Waals surface area contributed by atoms with Gasteiger partial charge in [0.05, 0.1) is 0 Å². The Bertz CT molecular complexity index is 292. The second-order valence-electron chi connectivity index (χ2n) is 4.79. The molecule has 0 aliphatic rings. The van der Waals surface area contributed by atoms with Gasteiger partial charge in [0.2, 0.25) is 0 Å². The molecule has 0 saturated heterocycles. The first kappa shape index (κ1) is 14.2. The van der Waals surface area contributed by atoms with Gasteiger partial charge in [0, 0.05) is 6.04 Å². The number of nitrogens with one attached hydrogen (secondary N) is 1. The second-order valence-corrected chi connectivity index (χ2v) is 4.79. The maximum Gasteiger partial charge on any atom is 0.0431 e. The third kappa shape index (κ3) is 5.33. The molecule has 1 rings (SSSR count). The van der Waals surface area contributed by atoms with E-state index in [9.17, 15) is 0 Å². The molecule has 1 aromatic carbocycles. The Kier molecular flexibility index (Phi) is 6.90. The molecule has 3 N–H and O–H groups in total. The van der Waals surface area contributed by atoms with E-state index in [4.69, 9.17) is 5.84 Å². The van der Waals surface area contributed by atoms with Crippen LogP contribution in [0.5, 0.6) is 0 Å². The molecule has 96 valence electrons. The molecule has 1 atom stereocenters. The second kappa shape index (κ2) is 8.26. The number of hydrogen-bond acceptors (Lipinski definition) is 2. The highest BCUT2D eigenvalue weighted by molar-refractivity contribution is 5.24. The Labute approximate surface area is 106 Å². The molecule has 0 spiro atoms. The van der Waals surface area contributed by atoms with Crippen LogP contribution in [0.15, 0.2) is 24.3 Å². The van der Waals surface area contributed by atoms with Crippen LogP contribution in [0.1, 0.15) is 63.1 Å². The molecule has 0 bridgehead atoms. The van der Waals surface area contributed by atoms with Crippen LogP contribution in [-0.4, -0.2) is 0 Å². The normalized spacial score (nSPS) is 12.6. The van der Waals surface area contributed by atoms with E-state index >= 15 is 0 Å². The molecule has 0 aliphatic carbocycles. The molecule has 1 unspecified atom stereocenters. The standard InChI is InChI=1S/C15H26N2/c1-3-4-5-6-7-8-14-9-11-15(12-10-14)13(2)17-16/h9-13,17H,3-8,16H2,1-2H3. The molecule has 0 saturated carbocycles. The fourth-order valence-electron chi connectivity index (χ4n) is 2.00. The van der Waals surface area contributed by atoms with Gasteiger partial charge in [0.25, 0.3) is 0 Å². The van der Waals surface area contributed by atoms with Crippen molar-refractivity contribution in [1.82, 2.24) is 5.43 Å². The molecule has 0 aliphatic heterocycles. The summed E-state index contributed by atoms with van der Waals surface area (Å²) in [5.74, 6) is 5.42. The van der Waals surface area contributed by atoms with Crippen molar-refractivity contribution in [3.8, 4) is 0 Å². The number of benzene rings is 1. The Morgan fingerprint density at radius 3 is 2.29 bits per heavy atom. The lowest BCUT2D eigenvalue weighted by molar-refractivity contribution is 0.601. The van der Waals surface area contributed by atoms with Crippen molar-refractivity contribution < 1.29 is 0 Å². The van der Waals surface area contributed by atoms with Gasteiger partial charge >= 0.3 is 0 Å².